The Morgan fingerprint density at radius 1 is 1.28 bits per heavy atom. The fourth-order valence-electron chi connectivity index (χ4n) is 3.39. The molecule has 2 amide bonds. The van der Waals surface area contributed by atoms with E-state index in [-0.39, 0.29) is 11.9 Å². The van der Waals surface area contributed by atoms with Gasteiger partial charge in [-0.2, -0.15) is 0 Å². The SMILES string of the molecule is CCCCN(C=O)C(C(=O)NC1CCCCC1)c1ccc(OC)cc1. The Morgan fingerprint density at radius 3 is 2.52 bits per heavy atom. The number of hydrogen-bond donors (Lipinski definition) is 1. The van der Waals surface area contributed by atoms with Crippen molar-refractivity contribution in [3.8, 4) is 5.75 Å². The van der Waals surface area contributed by atoms with Gasteiger partial charge in [-0.3, -0.25) is 9.59 Å². The average molecular weight is 346 g/mol. The summed E-state index contributed by atoms with van der Waals surface area (Å²) < 4.78 is 5.20. The number of rotatable bonds is 9. The molecule has 5 heteroatoms. The summed E-state index contributed by atoms with van der Waals surface area (Å²) in [6.07, 6.45) is 8.26. The number of benzene rings is 1. The molecule has 1 fully saturated rings. The van der Waals surface area contributed by atoms with Crippen molar-refractivity contribution >= 4 is 12.3 Å². The molecule has 25 heavy (non-hydrogen) atoms. The largest absolute Gasteiger partial charge is 0.497 e. The number of hydrogen-bond acceptors (Lipinski definition) is 3. The lowest BCUT2D eigenvalue weighted by Gasteiger charge is -2.31. The van der Waals surface area contributed by atoms with Crippen LogP contribution in [0.15, 0.2) is 24.3 Å². The molecule has 0 heterocycles. The number of amides is 2. The lowest BCUT2D eigenvalue weighted by atomic mass is 9.94. The Kier molecular flexibility index (Phi) is 7.76. The highest BCUT2D eigenvalue weighted by Gasteiger charge is 2.28. The quantitative estimate of drug-likeness (QED) is 0.697. The van der Waals surface area contributed by atoms with E-state index < -0.39 is 6.04 Å². The Labute approximate surface area is 150 Å². The fourth-order valence-corrected chi connectivity index (χ4v) is 3.39. The lowest BCUT2D eigenvalue weighted by Crippen LogP contribution is -2.45. The van der Waals surface area contributed by atoms with Crippen LogP contribution in [0.3, 0.4) is 0 Å². The second-order valence-electron chi connectivity index (χ2n) is 6.72. The Bertz CT molecular complexity index is 538. The zero-order valence-electron chi connectivity index (χ0n) is 15.4. The van der Waals surface area contributed by atoms with Crippen LogP contribution in [0.4, 0.5) is 0 Å². The number of carbonyl (C=O) groups is 2. The van der Waals surface area contributed by atoms with E-state index in [1.54, 1.807) is 12.0 Å². The lowest BCUT2D eigenvalue weighted by molar-refractivity contribution is -0.134. The number of methoxy groups -OCH3 is 1. The molecule has 1 aromatic carbocycles. The van der Waals surface area contributed by atoms with Crippen LogP contribution in [0.5, 0.6) is 5.75 Å². The maximum absolute atomic E-state index is 13.0. The Hall–Kier alpha value is -2.04. The van der Waals surface area contributed by atoms with E-state index in [2.05, 4.69) is 12.2 Å². The standard InChI is InChI=1S/C20H30N2O3/c1-3-4-14-22(15-23)19(16-10-12-18(25-2)13-11-16)20(24)21-17-8-6-5-7-9-17/h10-13,15,17,19H,3-9,14H2,1-2H3,(H,21,24). The summed E-state index contributed by atoms with van der Waals surface area (Å²) in [6, 6.07) is 7.04. The second kappa shape index (κ2) is 10.1. The maximum Gasteiger partial charge on any atom is 0.247 e. The monoisotopic (exact) mass is 346 g/mol. The summed E-state index contributed by atoms with van der Waals surface area (Å²) in [4.78, 5) is 26.3. The number of nitrogens with one attached hydrogen (secondary N) is 1. The van der Waals surface area contributed by atoms with E-state index in [9.17, 15) is 9.59 Å². The average Bonchev–Trinajstić information content (AvgIpc) is 2.66. The van der Waals surface area contributed by atoms with Crippen molar-refractivity contribution in [2.45, 2.75) is 64.0 Å². The van der Waals surface area contributed by atoms with Gasteiger partial charge in [-0.15, -0.1) is 0 Å². The van der Waals surface area contributed by atoms with Crippen LogP contribution in [0.2, 0.25) is 0 Å². The molecular formula is C20H30N2O3. The minimum atomic E-state index is -0.586. The summed E-state index contributed by atoms with van der Waals surface area (Å²) in [5.74, 6) is 0.654. The molecule has 1 unspecified atom stereocenters. The molecule has 1 atom stereocenters. The fraction of sp³-hybridized carbons (Fsp3) is 0.600. The molecule has 5 nitrogen and oxygen atoms in total. The molecule has 0 aliphatic heterocycles. The van der Waals surface area contributed by atoms with Crippen LogP contribution >= 0.6 is 0 Å². The smallest absolute Gasteiger partial charge is 0.247 e. The van der Waals surface area contributed by atoms with E-state index in [0.717, 1.165) is 56.2 Å². The molecule has 1 N–H and O–H groups in total. The van der Waals surface area contributed by atoms with E-state index in [1.807, 2.05) is 24.3 Å². The molecule has 0 radical (unpaired) electrons. The van der Waals surface area contributed by atoms with Gasteiger partial charge in [-0.05, 0) is 37.0 Å². The molecule has 0 aromatic heterocycles. The Balaban J connectivity index is 2.19. The predicted octanol–water partition coefficient (Wildman–Crippen LogP) is 3.44. The van der Waals surface area contributed by atoms with Crippen LogP contribution in [-0.2, 0) is 9.59 Å². The third-order valence-electron chi connectivity index (χ3n) is 4.87. The molecule has 2 rings (SSSR count). The zero-order chi connectivity index (χ0) is 18.1. The number of ether oxygens (including phenoxy) is 1. The van der Waals surface area contributed by atoms with Crippen molar-refractivity contribution < 1.29 is 14.3 Å². The molecule has 1 saturated carbocycles. The summed E-state index contributed by atoms with van der Waals surface area (Å²) in [5.41, 5.74) is 0.817. The van der Waals surface area contributed by atoms with E-state index in [1.165, 1.54) is 6.42 Å². The van der Waals surface area contributed by atoms with Crippen molar-refractivity contribution in [1.29, 1.82) is 0 Å². The van der Waals surface area contributed by atoms with Gasteiger partial charge in [0.15, 0.2) is 0 Å². The van der Waals surface area contributed by atoms with Crippen molar-refractivity contribution in [1.82, 2.24) is 10.2 Å². The highest BCUT2D eigenvalue weighted by molar-refractivity contribution is 5.85. The van der Waals surface area contributed by atoms with Crippen molar-refractivity contribution in [3.63, 3.8) is 0 Å². The van der Waals surface area contributed by atoms with Gasteiger partial charge in [0.05, 0.1) is 7.11 Å². The van der Waals surface area contributed by atoms with Crippen LogP contribution in [0, 0.1) is 0 Å². The van der Waals surface area contributed by atoms with E-state index >= 15 is 0 Å². The van der Waals surface area contributed by atoms with Gasteiger partial charge in [-0.1, -0.05) is 44.7 Å². The van der Waals surface area contributed by atoms with Gasteiger partial charge < -0.3 is 15.0 Å². The van der Waals surface area contributed by atoms with Gasteiger partial charge in [0.25, 0.3) is 0 Å². The number of unbranched alkanes of at least 4 members (excludes halogenated alkanes) is 1. The first-order valence-electron chi connectivity index (χ1n) is 9.35. The molecule has 1 aromatic rings. The van der Waals surface area contributed by atoms with Crippen LogP contribution in [0.25, 0.3) is 0 Å². The number of nitrogens with zero attached hydrogens (tertiary/aromatic N) is 1. The van der Waals surface area contributed by atoms with Crippen LogP contribution < -0.4 is 10.1 Å². The van der Waals surface area contributed by atoms with Crippen LogP contribution in [0.1, 0.15) is 63.5 Å². The third kappa shape index (κ3) is 5.48. The van der Waals surface area contributed by atoms with Gasteiger partial charge in [-0.25, -0.2) is 0 Å². The van der Waals surface area contributed by atoms with Gasteiger partial charge in [0.1, 0.15) is 11.8 Å². The van der Waals surface area contributed by atoms with Gasteiger partial charge >= 0.3 is 0 Å². The van der Waals surface area contributed by atoms with Crippen LogP contribution in [-0.4, -0.2) is 36.9 Å². The minimum Gasteiger partial charge on any atom is -0.497 e. The molecule has 0 saturated heterocycles. The predicted molar refractivity (Wildman–Crippen MR) is 98.4 cm³/mol. The first-order valence-corrected chi connectivity index (χ1v) is 9.35. The van der Waals surface area contributed by atoms with Gasteiger partial charge in [0, 0.05) is 12.6 Å². The number of carbonyl (C=O) groups excluding carboxylic acids is 2. The third-order valence-corrected chi connectivity index (χ3v) is 4.87. The molecule has 1 aliphatic rings. The Morgan fingerprint density at radius 2 is 1.96 bits per heavy atom. The van der Waals surface area contributed by atoms with Crippen molar-refractivity contribution in [3.05, 3.63) is 29.8 Å². The zero-order valence-corrected chi connectivity index (χ0v) is 15.4. The van der Waals surface area contributed by atoms with Crippen molar-refractivity contribution in [2.24, 2.45) is 0 Å². The highest BCUT2D eigenvalue weighted by atomic mass is 16.5. The van der Waals surface area contributed by atoms with Gasteiger partial charge in [0.2, 0.25) is 12.3 Å². The highest BCUT2D eigenvalue weighted by Crippen LogP contribution is 2.25. The van der Waals surface area contributed by atoms with E-state index in [4.69, 9.17) is 4.74 Å². The normalized spacial score (nSPS) is 16.1. The summed E-state index contributed by atoms with van der Waals surface area (Å²) in [6.45, 7) is 2.66. The topological polar surface area (TPSA) is 58.6 Å². The maximum atomic E-state index is 13.0. The first kappa shape index (κ1) is 19.3. The molecule has 1 aliphatic carbocycles. The second-order valence-corrected chi connectivity index (χ2v) is 6.72. The summed E-state index contributed by atoms with van der Waals surface area (Å²) in [5, 5.41) is 3.17. The van der Waals surface area contributed by atoms with E-state index in [0.29, 0.717) is 6.54 Å². The summed E-state index contributed by atoms with van der Waals surface area (Å²) in [7, 11) is 1.61. The van der Waals surface area contributed by atoms with Crippen molar-refractivity contribution in [2.75, 3.05) is 13.7 Å². The molecule has 138 valence electrons. The molecule has 0 bridgehead atoms. The molecular weight excluding hydrogens is 316 g/mol. The molecule has 0 spiro atoms. The minimum absolute atomic E-state index is 0.0831. The summed E-state index contributed by atoms with van der Waals surface area (Å²) >= 11 is 0. The first-order chi connectivity index (χ1) is 12.2.